The first kappa shape index (κ1) is 19.0. The van der Waals surface area contributed by atoms with Crippen LogP contribution in [0, 0.1) is 0 Å². The highest BCUT2D eigenvalue weighted by Crippen LogP contribution is 2.27. The number of hydrogen-bond acceptors (Lipinski definition) is 6. The molecule has 0 atom stereocenters. The van der Waals surface area contributed by atoms with E-state index in [9.17, 15) is 4.79 Å². The van der Waals surface area contributed by atoms with Crippen LogP contribution in [0.5, 0.6) is 11.5 Å². The highest BCUT2D eigenvalue weighted by Gasteiger charge is 2.18. The van der Waals surface area contributed by atoms with Crippen molar-refractivity contribution in [2.75, 3.05) is 32.2 Å². The van der Waals surface area contributed by atoms with Gasteiger partial charge in [-0.2, -0.15) is 0 Å². The highest BCUT2D eigenvalue weighted by molar-refractivity contribution is 6.00. The molecule has 150 valence electrons. The molecule has 1 amide bonds. The standard InChI is InChI=1S/C22H24N4O3/c1-28-17-6-8-20(29-2)16(11-17)13-23-22(27)15-5-7-19-18(12-15)21(25-14-24-19)26-9-3-4-10-26/h5-8,11-12,14H,3-4,9-10,13H2,1-2H3,(H,23,27). The Hall–Kier alpha value is -3.35. The summed E-state index contributed by atoms with van der Waals surface area (Å²) < 4.78 is 10.7. The van der Waals surface area contributed by atoms with E-state index in [1.165, 1.54) is 0 Å². The zero-order chi connectivity index (χ0) is 20.2. The third kappa shape index (κ3) is 3.94. The van der Waals surface area contributed by atoms with Crippen LogP contribution in [0.1, 0.15) is 28.8 Å². The number of hydrogen-bond donors (Lipinski definition) is 1. The molecule has 2 aromatic carbocycles. The molecule has 1 aromatic heterocycles. The maximum Gasteiger partial charge on any atom is 0.251 e. The summed E-state index contributed by atoms with van der Waals surface area (Å²) in [5, 5.41) is 3.87. The van der Waals surface area contributed by atoms with E-state index in [1.54, 1.807) is 26.6 Å². The van der Waals surface area contributed by atoms with Crippen LogP contribution < -0.4 is 19.7 Å². The van der Waals surface area contributed by atoms with Gasteiger partial charge in [-0.05, 0) is 49.2 Å². The lowest BCUT2D eigenvalue weighted by Gasteiger charge is -2.18. The maximum atomic E-state index is 12.8. The van der Waals surface area contributed by atoms with Crippen LogP contribution in [-0.2, 0) is 6.54 Å². The molecule has 2 heterocycles. The number of carbonyl (C=O) groups is 1. The average Bonchev–Trinajstić information content (AvgIpc) is 3.31. The summed E-state index contributed by atoms with van der Waals surface area (Å²) in [4.78, 5) is 23.9. The smallest absolute Gasteiger partial charge is 0.251 e. The number of rotatable bonds is 6. The van der Waals surface area contributed by atoms with Gasteiger partial charge in [0.25, 0.3) is 5.91 Å². The van der Waals surface area contributed by atoms with Crippen LogP contribution in [0.2, 0.25) is 0 Å². The van der Waals surface area contributed by atoms with E-state index in [0.29, 0.717) is 23.6 Å². The number of carbonyl (C=O) groups excluding carboxylic acids is 1. The number of fused-ring (bicyclic) bond motifs is 1. The van der Waals surface area contributed by atoms with Gasteiger partial charge in [0, 0.05) is 36.1 Å². The minimum Gasteiger partial charge on any atom is -0.497 e. The lowest BCUT2D eigenvalue weighted by atomic mass is 10.1. The summed E-state index contributed by atoms with van der Waals surface area (Å²) in [5.74, 6) is 2.16. The van der Waals surface area contributed by atoms with Gasteiger partial charge in [-0.15, -0.1) is 0 Å². The Morgan fingerprint density at radius 1 is 1.07 bits per heavy atom. The summed E-state index contributed by atoms with van der Waals surface area (Å²) in [6.45, 7) is 2.30. The Balaban J connectivity index is 1.57. The Bertz CT molecular complexity index is 1030. The predicted octanol–water partition coefficient (Wildman–Crippen LogP) is 3.18. The number of anilines is 1. The minimum absolute atomic E-state index is 0.159. The topological polar surface area (TPSA) is 76.6 Å². The van der Waals surface area contributed by atoms with Gasteiger partial charge >= 0.3 is 0 Å². The van der Waals surface area contributed by atoms with Gasteiger partial charge in [0.2, 0.25) is 0 Å². The largest absolute Gasteiger partial charge is 0.497 e. The molecule has 29 heavy (non-hydrogen) atoms. The van der Waals surface area contributed by atoms with Crippen molar-refractivity contribution < 1.29 is 14.3 Å². The third-order valence-electron chi connectivity index (χ3n) is 5.21. The zero-order valence-corrected chi connectivity index (χ0v) is 16.6. The van der Waals surface area contributed by atoms with Gasteiger partial charge in [0.1, 0.15) is 23.6 Å². The number of benzene rings is 2. The van der Waals surface area contributed by atoms with E-state index in [-0.39, 0.29) is 5.91 Å². The molecule has 1 N–H and O–H groups in total. The minimum atomic E-state index is -0.159. The molecule has 0 saturated carbocycles. The van der Waals surface area contributed by atoms with Crippen LogP contribution in [0.15, 0.2) is 42.7 Å². The van der Waals surface area contributed by atoms with Crippen molar-refractivity contribution in [3.05, 3.63) is 53.9 Å². The van der Waals surface area contributed by atoms with Crippen molar-refractivity contribution >= 4 is 22.6 Å². The number of methoxy groups -OCH3 is 2. The summed E-state index contributed by atoms with van der Waals surface area (Å²) in [5.41, 5.74) is 2.27. The average molecular weight is 392 g/mol. The molecule has 4 rings (SSSR count). The van der Waals surface area contributed by atoms with Crippen molar-refractivity contribution in [1.29, 1.82) is 0 Å². The van der Waals surface area contributed by atoms with E-state index < -0.39 is 0 Å². The Kier molecular flexibility index (Phi) is 5.46. The molecule has 0 unspecified atom stereocenters. The first-order chi connectivity index (χ1) is 14.2. The molecule has 1 saturated heterocycles. The normalized spacial score (nSPS) is 13.5. The van der Waals surface area contributed by atoms with Crippen LogP contribution >= 0.6 is 0 Å². The summed E-state index contributed by atoms with van der Waals surface area (Å²) in [7, 11) is 3.22. The number of aromatic nitrogens is 2. The lowest BCUT2D eigenvalue weighted by molar-refractivity contribution is 0.0951. The van der Waals surface area contributed by atoms with Gasteiger partial charge in [-0.1, -0.05) is 0 Å². The van der Waals surface area contributed by atoms with Gasteiger partial charge in [0.05, 0.1) is 19.7 Å². The summed E-state index contributed by atoms with van der Waals surface area (Å²) in [6, 6.07) is 11.1. The summed E-state index contributed by atoms with van der Waals surface area (Å²) >= 11 is 0. The Morgan fingerprint density at radius 2 is 1.90 bits per heavy atom. The van der Waals surface area contributed by atoms with E-state index in [1.807, 2.05) is 30.3 Å². The summed E-state index contributed by atoms with van der Waals surface area (Å²) in [6.07, 6.45) is 3.91. The molecule has 1 aliphatic rings. The van der Waals surface area contributed by atoms with Crippen LogP contribution in [0.25, 0.3) is 10.9 Å². The van der Waals surface area contributed by atoms with Crippen molar-refractivity contribution in [3.63, 3.8) is 0 Å². The van der Waals surface area contributed by atoms with Gasteiger partial charge in [-0.3, -0.25) is 4.79 Å². The van der Waals surface area contributed by atoms with Crippen LogP contribution in [-0.4, -0.2) is 43.2 Å². The second kappa shape index (κ2) is 8.34. The van der Waals surface area contributed by atoms with Gasteiger partial charge in [0.15, 0.2) is 0 Å². The van der Waals surface area contributed by atoms with Gasteiger partial charge in [-0.25, -0.2) is 9.97 Å². The first-order valence-corrected chi connectivity index (χ1v) is 9.68. The Morgan fingerprint density at radius 3 is 2.66 bits per heavy atom. The molecule has 1 aliphatic heterocycles. The van der Waals surface area contributed by atoms with Crippen molar-refractivity contribution in [1.82, 2.24) is 15.3 Å². The molecule has 7 nitrogen and oxygen atoms in total. The molecule has 3 aromatic rings. The van der Waals surface area contributed by atoms with Crippen molar-refractivity contribution in [2.24, 2.45) is 0 Å². The second-order valence-electron chi connectivity index (χ2n) is 6.98. The monoisotopic (exact) mass is 392 g/mol. The van der Waals surface area contributed by atoms with Crippen molar-refractivity contribution in [3.8, 4) is 11.5 Å². The quantitative estimate of drug-likeness (QED) is 0.694. The molecular formula is C22H24N4O3. The van der Waals surface area contributed by atoms with Gasteiger partial charge < -0.3 is 19.7 Å². The highest BCUT2D eigenvalue weighted by atomic mass is 16.5. The second-order valence-corrected chi connectivity index (χ2v) is 6.98. The molecular weight excluding hydrogens is 368 g/mol. The zero-order valence-electron chi connectivity index (χ0n) is 16.6. The molecule has 0 bridgehead atoms. The number of nitrogens with one attached hydrogen (secondary N) is 1. The maximum absolute atomic E-state index is 12.8. The molecule has 0 aliphatic carbocycles. The SMILES string of the molecule is COc1ccc(OC)c(CNC(=O)c2ccc3ncnc(N4CCCC4)c3c2)c1. The lowest BCUT2D eigenvalue weighted by Crippen LogP contribution is -2.23. The van der Waals surface area contributed by atoms with E-state index >= 15 is 0 Å². The predicted molar refractivity (Wildman–Crippen MR) is 112 cm³/mol. The van der Waals surface area contributed by atoms with E-state index in [2.05, 4.69) is 20.2 Å². The Labute approximate surface area is 169 Å². The number of nitrogens with zero attached hydrogens (tertiary/aromatic N) is 3. The van der Waals surface area contributed by atoms with Crippen LogP contribution in [0.3, 0.4) is 0 Å². The fraction of sp³-hybridized carbons (Fsp3) is 0.318. The first-order valence-electron chi connectivity index (χ1n) is 9.68. The van der Waals surface area contributed by atoms with Crippen molar-refractivity contribution in [2.45, 2.75) is 19.4 Å². The van der Waals surface area contributed by atoms with E-state index in [4.69, 9.17) is 9.47 Å². The van der Waals surface area contributed by atoms with Crippen LogP contribution in [0.4, 0.5) is 5.82 Å². The molecule has 0 radical (unpaired) electrons. The molecule has 0 spiro atoms. The number of amides is 1. The fourth-order valence-corrected chi connectivity index (χ4v) is 3.66. The molecule has 7 heteroatoms. The fourth-order valence-electron chi connectivity index (χ4n) is 3.66. The van der Waals surface area contributed by atoms with E-state index in [0.717, 1.165) is 48.2 Å². The number of ether oxygens (including phenoxy) is 2. The third-order valence-corrected chi connectivity index (χ3v) is 5.21. The molecule has 1 fully saturated rings.